The minimum atomic E-state index is 0. The fraction of sp³-hybridized carbons (Fsp3) is 0. The number of rotatable bonds is 2. The van der Waals surface area contributed by atoms with Crippen molar-refractivity contribution in [3.8, 4) is 16.8 Å². The van der Waals surface area contributed by atoms with Gasteiger partial charge in [0.05, 0.1) is 6.20 Å². The van der Waals surface area contributed by atoms with Gasteiger partial charge in [0, 0.05) is 42.8 Å². The third kappa shape index (κ3) is 2.60. The SMILES string of the molecule is [Ir].[c-]1ccc2c(oc3ccccc32)c1-n1cc(-c2ccccc2)cn1. The average molecular weight is 502 g/mol. The molecule has 0 aliphatic rings. The monoisotopic (exact) mass is 502 g/mol. The molecule has 0 aliphatic carbocycles. The second-order valence-corrected chi connectivity index (χ2v) is 5.71. The van der Waals surface area contributed by atoms with E-state index in [1.807, 2.05) is 65.6 Å². The number of furan rings is 1. The normalized spacial score (nSPS) is 10.9. The van der Waals surface area contributed by atoms with Crippen LogP contribution in [-0.2, 0) is 20.1 Å². The van der Waals surface area contributed by atoms with Crippen molar-refractivity contribution >= 4 is 21.9 Å². The third-order valence-corrected chi connectivity index (χ3v) is 4.24. The molecule has 0 atom stereocenters. The van der Waals surface area contributed by atoms with E-state index in [0.29, 0.717) is 0 Å². The van der Waals surface area contributed by atoms with Crippen molar-refractivity contribution < 1.29 is 24.5 Å². The van der Waals surface area contributed by atoms with Gasteiger partial charge in [-0.3, -0.25) is 4.68 Å². The largest absolute Gasteiger partial charge is 0.513 e. The van der Waals surface area contributed by atoms with E-state index in [9.17, 15) is 0 Å². The first kappa shape index (κ1) is 15.8. The van der Waals surface area contributed by atoms with Gasteiger partial charge < -0.3 is 4.42 Å². The predicted octanol–water partition coefficient (Wildman–Crippen LogP) is 5.24. The zero-order valence-electron chi connectivity index (χ0n) is 13.1. The minimum absolute atomic E-state index is 0. The summed E-state index contributed by atoms with van der Waals surface area (Å²) >= 11 is 0. The second-order valence-electron chi connectivity index (χ2n) is 5.71. The van der Waals surface area contributed by atoms with Gasteiger partial charge in [-0.2, -0.15) is 23.3 Å². The van der Waals surface area contributed by atoms with Gasteiger partial charge in [-0.1, -0.05) is 53.9 Å². The Balaban J connectivity index is 0.00000157. The van der Waals surface area contributed by atoms with Gasteiger partial charge in [-0.25, -0.2) is 0 Å². The molecule has 123 valence electrons. The fourth-order valence-corrected chi connectivity index (χ4v) is 3.07. The first-order chi connectivity index (χ1) is 11.9. The Kier molecular flexibility index (Phi) is 4.00. The van der Waals surface area contributed by atoms with Crippen LogP contribution in [0.25, 0.3) is 38.8 Å². The maximum atomic E-state index is 6.06. The van der Waals surface area contributed by atoms with E-state index in [4.69, 9.17) is 4.42 Å². The molecule has 0 saturated carbocycles. The summed E-state index contributed by atoms with van der Waals surface area (Å²) in [6.07, 6.45) is 3.87. The second kappa shape index (κ2) is 6.32. The van der Waals surface area contributed by atoms with Crippen LogP contribution in [0.2, 0.25) is 0 Å². The molecule has 2 heterocycles. The Morgan fingerprint density at radius 2 is 1.64 bits per heavy atom. The molecule has 0 bridgehead atoms. The zero-order valence-corrected chi connectivity index (χ0v) is 15.5. The molecule has 2 aromatic heterocycles. The van der Waals surface area contributed by atoms with Crippen molar-refractivity contribution in [1.29, 1.82) is 0 Å². The van der Waals surface area contributed by atoms with Crippen molar-refractivity contribution in [3.05, 3.63) is 85.2 Å². The molecule has 0 fully saturated rings. The number of aromatic nitrogens is 2. The average Bonchev–Trinajstić information content (AvgIpc) is 3.27. The summed E-state index contributed by atoms with van der Waals surface area (Å²) in [7, 11) is 0. The summed E-state index contributed by atoms with van der Waals surface area (Å²) < 4.78 is 7.89. The van der Waals surface area contributed by atoms with Gasteiger partial charge in [0.15, 0.2) is 0 Å². The van der Waals surface area contributed by atoms with Crippen LogP contribution in [0.4, 0.5) is 0 Å². The molecule has 5 rings (SSSR count). The molecular formula is C21H13IrN2O-. The van der Waals surface area contributed by atoms with Crippen LogP contribution in [-0.4, -0.2) is 9.78 Å². The van der Waals surface area contributed by atoms with E-state index < -0.39 is 0 Å². The van der Waals surface area contributed by atoms with Crippen molar-refractivity contribution in [2.75, 3.05) is 0 Å². The molecule has 25 heavy (non-hydrogen) atoms. The molecule has 3 nitrogen and oxygen atoms in total. The first-order valence-electron chi connectivity index (χ1n) is 7.82. The van der Waals surface area contributed by atoms with Crippen LogP contribution in [0.5, 0.6) is 0 Å². The van der Waals surface area contributed by atoms with E-state index in [1.54, 1.807) is 0 Å². The minimum Gasteiger partial charge on any atom is -0.513 e. The molecule has 0 unspecified atom stereocenters. The Labute approximate surface area is 158 Å². The van der Waals surface area contributed by atoms with Crippen LogP contribution in [0, 0.1) is 6.07 Å². The van der Waals surface area contributed by atoms with E-state index >= 15 is 0 Å². The molecular weight excluding hydrogens is 488 g/mol. The Morgan fingerprint density at radius 3 is 2.52 bits per heavy atom. The van der Waals surface area contributed by atoms with Crippen LogP contribution in [0.15, 0.2) is 83.5 Å². The summed E-state index contributed by atoms with van der Waals surface area (Å²) in [6, 6.07) is 25.5. The van der Waals surface area contributed by atoms with Crippen LogP contribution in [0.1, 0.15) is 0 Å². The van der Waals surface area contributed by atoms with Crippen molar-refractivity contribution in [3.63, 3.8) is 0 Å². The van der Waals surface area contributed by atoms with E-state index in [1.165, 1.54) is 0 Å². The molecule has 0 saturated heterocycles. The smallest absolute Gasteiger partial charge is 0.116 e. The number of benzene rings is 3. The number of fused-ring (bicyclic) bond motifs is 3. The van der Waals surface area contributed by atoms with Crippen LogP contribution in [0.3, 0.4) is 0 Å². The van der Waals surface area contributed by atoms with Crippen molar-refractivity contribution in [1.82, 2.24) is 9.78 Å². The molecule has 3 aromatic carbocycles. The Bertz CT molecular complexity index is 1160. The molecule has 0 N–H and O–H groups in total. The summed E-state index contributed by atoms with van der Waals surface area (Å²) in [5.74, 6) is 0. The first-order valence-corrected chi connectivity index (χ1v) is 7.82. The number of para-hydroxylation sites is 1. The maximum Gasteiger partial charge on any atom is 0.116 e. The van der Waals surface area contributed by atoms with E-state index in [-0.39, 0.29) is 20.1 Å². The molecule has 0 aliphatic heterocycles. The Morgan fingerprint density at radius 1 is 0.840 bits per heavy atom. The standard InChI is InChI=1S/C21H13N2O.Ir/c1-2-7-15(8-3-1)16-13-22-23(14-16)19-11-6-10-18-17-9-4-5-12-20(17)24-21(18)19;/h1-10,12-14H;/q-1;. The number of nitrogens with zero attached hydrogens (tertiary/aromatic N) is 2. The van der Waals surface area contributed by atoms with Crippen LogP contribution < -0.4 is 0 Å². The van der Waals surface area contributed by atoms with Crippen molar-refractivity contribution in [2.45, 2.75) is 0 Å². The fourth-order valence-electron chi connectivity index (χ4n) is 3.07. The summed E-state index contributed by atoms with van der Waals surface area (Å²) in [5.41, 5.74) is 4.72. The van der Waals surface area contributed by atoms with Gasteiger partial charge in [-0.15, -0.1) is 0 Å². The zero-order chi connectivity index (χ0) is 15.9. The van der Waals surface area contributed by atoms with Gasteiger partial charge in [0.1, 0.15) is 5.58 Å². The van der Waals surface area contributed by atoms with Gasteiger partial charge in [-0.05, 0) is 17.3 Å². The predicted molar refractivity (Wildman–Crippen MR) is 95.1 cm³/mol. The van der Waals surface area contributed by atoms with Crippen molar-refractivity contribution in [2.24, 2.45) is 0 Å². The summed E-state index contributed by atoms with van der Waals surface area (Å²) in [5, 5.41) is 6.70. The molecule has 1 radical (unpaired) electrons. The number of hydrogen-bond donors (Lipinski definition) is 0. The third-order valence-electron chi connectivity index (χ3n) is 4.24. The van der Waals surface area contributed by atoms with Gasteiger partial charge in [0.2, 0.25) is 0 Å². The Hall–Kier alpha value is -2.68. The van der Waals surface area contributed by atoms with Gasteiger partial charge >= 0.3 is 0 Å². The molecule has 0 spiro atoms. The molecule has 4 heteroatoms. The quantitative estimate of drug-likeness (QED) is 0.310. The van der Waals surface area contributed by atoms with Gasteiger partial charge in [0.25, 0.3) is 0 Å². The van der Waals surface area contributed by atoms with Crippen LogP contribution >= 0.6 is 0 Å². The van der Waals surface area contributed by atoms with E-state index in [2.05, 4.69) is 29.4 Å². The topological polar surface area (TPSA) is 31.0 Å². The maximum absolute atomic E-state index is 6.06. The summed E-state index contributed by atoms with van der Waals surface area (Å²) in [6.45, 7) is 0. The molecule has 5 aromatic rings. The number of hydrogen-bond acceptors (Lipinski definition) is 2. The molecule has 0 amide bonds. The summed E-state index contributed by atoms with van der Waals surface area (Å²) in [4.78, 5) is 0. The van der Waals surface area contributed by atoms with E-state index in [0.717, 1.165) is 38.8 Å².